The van der Waals surface area contributed by atoms with Gasteiger partial charge in [0.25, 0.3) is 5.89 Å². The summed E-state index contributed by atoms with van der Waals surface area (Å²) in [5, 5.41) is 4.03. The van der Waals surface area contributed by atoms with Crippen LogP contribution in [-0.2, 0) is 16.0 Å². The number of hydrogen-bond acceptors (Lipinski definition) is 6. The highest BCUT2D eigenvalue weighted by molar-refractivity contribution is 5.56. The number of morpholine rings is 1. The summed E-state index contributed by atoms with van der Waals surface area (Å²) in [6.45, 7) is 6.99. The van der Waals surface area contributed by atoms with Crippen molar-refractivity contribution >= 4 is 6.08 Å². The van der Waals surface area contributed by atoms with E-state index in [2.05, 4.69) is 27.2 Å². The molecule has 0 N–H and O–H groups in total. The fourth-order valence-corrected chi connectivity index (χ4v) is 2.45. The molecule has 0 amide bonds. The monoisotopic (exact) mass is 315 g/mol. The summed E-state index contributed by atoms with van der Waals surface area (Å²) >= 11 is 0. The first-order valence-electron chi connectivity index (χ1n) is 7.86. The second-order valence-electron chi connectivity index (χ2n) is 5.30. The van der Waals surface area contributed by atoms with Crippen LogP contribution in [0.2, 0.25) is 0 Å². The summed E-state index contributed by atoms with van der Waals surface area (Å²) in [4.78, 5) is 6.75. The fourth-order valence-electron chi connectivity index (χ4n) is 2.45. The maximum atomic E-state index is 5.38. The van der Waals surface area contributed by atoms with Crippen molar-refractivity contribution in [1.82, 2.24) is 15.0 Å². The number of aromatic nitrogens is 2. The van der Waals surface area contributed by atoms with E-state index in [9.17, 15) is 0 Å². The molecule has 0 radical (unpaired) electrons. The van der Waals surface area contributed by atoms with Gasteiger partial charge in [0.05, 0.1) is 26.1 Å². The van der Waals surface area contributed by atoms with Crippen LogP contribution in [0, 0.1) is 0 Å². The molecule has 122 valence electrons. The van der Waals surface area contributed by atoms with Gasteiger partial charge < -0.3 is 14.0 Å². The lowest BCUT2D eigenvalue weighted by Gasteiger charge is -2.26. The van der Waals surface area contributed by atoms with Crippen molar-refractivity contribution in [3.8, 4) is 11.4 Å². The van der Waals surface area contributed by atoms with Gasteiger partial charge in [-0.15, -0.1) is 0 Å². The largest absolute Gasteiger partial charge is 0.501 e. The van der Waals surface area contributed by atoms with Crippen molar-refractivity contribution in [2.24, 2.45) is 0 Å². The molecule has 1 fully saturated rings. The molecule has 6 nitrogen and oxygen atoms in total. The molecule has 1 aliphatic rings. The van der Waals surface area contributed by atoms with Gasteiger partial charge in [-0.2, -0.15) is 4.98 Å². The molecule has 2 heterocycles. The highest BCUT2D eigenvalue weighted by atomic mass is 16.5. The van der Waals surface area contributed by atoms with E-state index in [1.165, 1.54) is 5.56 Å². The summed E-state index contributed by atoms with van der Waals surface area (Å²) in [6, 6.07) is 8.24. The van der Waals surface area contributed by atoms with Gasteiger partial charge in [-0.25, -0.2) is 0 Å². The zero-order chi connectivity index (χ0) is 15.9. The first kappa shape index (κ1) is 15.7. The van der Waals surface area contributed by atoms with E-state index in [1.807, 2.05) is 19.1 Å². The topological polar surface area (TPSA) is 60.6 Å². The van der Waals surface area contributed by atoms with E-state index in [4.69, 9.17) is 14.0 Å². The molecule has 23 heavy (non-hydrogen) atoms. The maximum absolute atomic E-state index is 5.38. The molecular weight excluding hydrogens is 294 g/mol. The molecule has 1 aliphatic heterocycles. The quantitative estimate of drug-likeness (QED) is 0.764. The molecule has 0 spiro atoms. The van der Waals surface area contributed by atoms with Gasteiger partial charge in [0.15, 0.2) is 0 Å². The van der Waals surface area contributed by atoms with Gasteiger partial charge in [0.1, 0.15) is 0 Å². The fraction of sp³-hybridized carbons (Fsp3) is 0.412. The Morgan fingerprint density at radius 2 is 2.17 bits per heavy atom. The van der Waals surface area contributed by atoms with Crippen LogP contribution in [0.5, 0.6) is 0 Å². The summed E-state index contributed by atoms with van der Waals surface area (Å²) in [5.41, 5.74) is 2.19. The van der Waals surface area contributed by atoms with Crippen molar-refractivity contribution in [3.05, 3.63) is 42.0 Å². The van der Waals surface area contributed by atoms with Crippen molar-refractivity contribution in [3.63, 3.8) is 0 Å². The molecular formula is C17H21N3O3. The molecule has 0 bridgehead atoms. The van der Waals surface area contributed by atoms with Gasteiger partial charge in [0, 0.05) is 31.3 Å². The van der Waals surface area contributed by atoms with Crippen LogP contribution in [0.15, 0.2) is 35.1 Å². The van der Waals surface area contributed by atoms with Gasteiger partial charge in [-0.3, -0.25) is 4.90 Å². The summed E-state index contributed by atoms with van der Waals surface area (Å²) < 4.78 is 15.7. The minimum Gasteiger partial charge on any atom is -0.501 e. The lowest BCUT2D eigenvalue weighted by atomic mass is 10.1. The van der Waals surface area contributed by atoms with Gasteiger partial charge in [0.2, 0.25) is 5.82 Å². The predicted molar refractivity (Wildman–Crippen MR) is 86.5 cm³/mol. The van der Waals surface area contributed by atoms with E-state index in [0.717, 1.165) is 38.4 Å². The molecule has 0 unspecified atom stereocenters. The molecule has 3 rings (SSSR count). The zero-order valence-corrected chi connectivity index (χ0v) is 13.3. The lowest BCUT2D eigenvalue weighted by Crippen LogP contribution is -2.35. The molecule has 1 aromatic carbocycles. The minimum absolute atomic E-state index is 0.437. The van der Waals surface area contributed by atoms with Gasteiger partial charge in [-0.1, -0.05) is 23.4 Å². The van der Waals surface area contributed by atoms with Crippen LogP contribution in [0.4, 0.5) is 0 Å². The SMILES string of the molecule is CCO/C=C/c1nc(-c2cccc(CN3CCOCC3)c2)no1. The van der Waals surface area contributed by atoms with E-state index in [-0.39, 0.29) is 0 Å². The van der Waals surface area contributed by atoms with Gasteiger partial charge in [-0.05, 0) is 18.6 Å². The first-order chi connectivity index (χ1) is 11.3. The van der Waals surface area contributed by atoms with Crippen molar-refractivity contribution in [2.45, 2.75) is 13.5 Å². The Labute approximate surface area is 135 Å². The predicted octanol–water partition coefficient (Wildman–Crippen LogP) is 2.58. The summed E-state index contributed by atoms with van der Waals surface area (Å²) in [6.07, 6.45) is 3.23. The molecule has 0 saturated carbocycles. The Kier molecular flexibility index (Phi) is 5.39. The number of benzene rings is 1. The Hall–Kier alpha value is -2.18. The first-order valence-corrected chi connectivity index (χ1v) is 7.86. The third kappa shape index (κ3) is 4.40. The van der Waals surface area contributed by atoms with Crippen molar-refractivity contribution < 1.29 is 14.0 Å². The zero-order valence-electron chi connectivity index (χ0n) is 13.3. The summed E-state index contributed by atoms with van der Waals surface area (Å²) in [7, 11) is 0. The van der Waals surface area contributed by atoms with E-state index in [1.54, 1.807) is 12.3 Å². The number of rotatable bonds is 6. The van der Waals surface area contributed by atoms with Gasteiger partial charge >= 0.3 is 0 Å². The highest BCUT2D eigenvalue weighted by Gasteiger charge is 2.12. The highest BCUT2D eigenvalue weighted by Crippen LogP contribution is 2.19. The van der Waals surface area contributed by atoms with Crippen LogP contribution in [0.25, 0.3) is 17.5 Å². The molecule has 6 heteroatoms. The molecule has 2 aromatic rings. The van der Waals surface area contributed by atoms with E-state index >= 15 is 0 Å². The number of hydrogen-bond donors (Lipinski definition) is 0. The van der Waals surface area contributed by atoms with Crippen molar-refractivity contribution in [2.75, 3.05) is 32.9 Å². The summed E-state index contributed by atoms with van der Waals surface area (Å²) in [5.74, 6) is 1.03. The Balaban J connectivity index is 1.69. The van der Waals surface area contributed by atoms with Crippen LogP contribution in [0.3, 0.4) is 0 Å². The van der Waals surface area contributed by atoms with Crippen LogP contribution < -0.4 is 0 Å². The normalized spacial score (nSPS) is 16.0. The Morgan fingerprint density at radius 3 is 3.00 bits per heavy atom. The van der Waals surface area contributed by atoms with E-state index in [0.29, 0.717) is 18.3 Å². The average Bonchev–Trinajstić information content (AvgIpc) is 3.05. The molecule has 1 aromatic heterocycles. The van der Waals surface area contributed by atoms with Crippen molar-refractivity contribution in [1.29, 1.82) is 0 Å². The van der Waals surface area contributed by atoms with Crippen LogP contribution in [-0.4, -0.2) is 48.0 Å². The Morgan fingerprint density at radius 1 is 1.30 bits per heavy atom. The second kappa shape index (κ2) is 7.89. The average molecular weight is 315 g/mol. The van der Waals surface area contributed by atoms with Crippen LogP contribution >= 0.6 is 0 Å². The molecule has 0 aliphatic carbocycles. The number of nitrogens with zero attached hydrogens (tertiary/aromatic N) is 3. The molecule has 0 atom stereocenters. The number of ether oxygens (including phenoxy) is 2. The minimum atomic E-state index is 0.437. The molecule has 1 saturated heterocycles. The smallest absolute Gasteiger partial charge is 0.254 e. The van der Waals surface area contributed by atoms with Crippen LogP contribution in [0.1, 0.15) is 18.4 Å². The third-order valence-corrected chi connectivity index (χ3v) is 3.61. The standard InChI is InChI=1S/C17H21N3O3/c1-2-21-9-6-16-18-17(19-23-16)15-5-3-4-14(12-15)13-20-7-10-22-11-8-20/h3-6,9,12H,2,7-8,10-11,13H2,1H3/b9-6+. The third-order valence-electron chi connectivity index (χ3n) is 3.61. The van der Waals surface area contributed by atoms with E-state index < -0.39 is 0 Å². The Bertz CT molecular complexity index is 648. The lowest BCUT2D eigenvalue weighted by molar-refractivity contribution is 0.0342. The maximum Gasteiger partial charge on any atom is 0.254 e. The second-order valence-corrected chi connectivity index (χ2v) is 5.30.